The Morgan fingerprint density at radius 1 is 1.56 bits per heavy atom. The minimum absolute atomic E-state index is 0.314. The number of nitrogens with one attached hydrogen (secondary N) is 2. The molecule has 0 saturated heterocycles. The van der Waals surface area contributed by atoms with Crippen molar-refractivity contribution in [1.29, 1.82) is 0 Å². The Balaban J connectivity index is 2.70. The zero-order chi connectivity index (χ0) is 13.5. The van der Waals surface area contributed by atoms with Gasteiger partial charge in [0.05, 0.1) is 13.4 Å². The van der Waals surface area contributed by atoms with Crippen molar-refractivity contribution < 1.29 is 14.3 Å². The zero-order valence-corrected chi connectivity index (χ0v) is 10.7. The van der Waals surface area contributed by atoms with Crippen LogP contribution in [0.2, 0.25) is 0 Å². The maximum atomic E-state index is 11.6. The molecule has 1 aromatic heterocycles. The predicted molar refractivity (Wildman–Crippen MR) is 65.7 cm³/mol. The SMILES string of the molecule is COC(=O)[C@H](Cc1cnc[nH]1)NC(=O)C=C(C)C. The van der Waals surface area contributed by atoms with E-state index in [1.165, 1.54) is 19.5 Å². The minimum atomic E-state index is -0.724. The summed E-state index contributed by atoms with van der Waals surface area (Å²) in [5.74, 6) is -0.801. The second-order valence-corrected chi connectivity index (χ2v) is 4.09. The molecule has 0 aliphatic heterocycles. The number of aromatic amines is 1. The van der Waals surface area contributed by atoms with E-state index in [-0.39, 0.29) is 5.91 Å². The van der Waals surface area contributed by atoms with Crippen LogP contribution < -0.4 is 5.32 Å². The Hall–Kier alpha value is -2.11. The van der Waals surface area contributed by atoms with Gasteiger partial charge in [0.2, 0.25) is 5.91 Å². The van der Waals surface area contributed by atoms with E-state index in [9.17, 15) is 9.59 Å². The molecule has 1 rings (SSSR count). The molecule has 0 aromatic carbocycles. The summed E-state index contributed by atoms with van der Waals surface area (Å²) in [5, 5.41) is 2.60. The summed E-state index contributed by atoms with van der Waals surface area (Å²) in [5.41, 5.74) is 1.61. The number of imidazole rings is 1. The second kappa shape index (κ2) is 6.58. The molecule has 0 aliphatic rings. The van der Waals surface area contributed by atoms with Gasteiger partial charge in [-0.05, 0) is 13.8 Å². The van der Waals surface area contributed by atoms with Crippen molar-refractivity contribution in [2.45, 2.75) is 26.3 Å². The number of methoxy groups -OCH3 is 1. The quantitative estimate of drug-likeness (QED) is 0.592. The van der Waals surface area contributed by atoms with Gasteiger partial charge in [0.25, 0.3) is 0 Å². The van der Waals surface area contributed by atoms with Crippen molar-refractivity contribution in [1.82, 2.24) is 15.3 Å². The first-order valence-corrected chi connectivity index (χ1v) is 5.53. The molecule has 0 spiro atoms. The molecular weight excluding hydrogens is 234 g/mol. The van der Waals surface area contributed by atoms with E-state index in [1.54, 1.807) is 6.20 Å². The second-order valence-electron chi connectivity index (χ2n) is 4.09. The Morgan fingerprint density at radius 3 is 2.78 bits per heavy atom. The highest BCUT2D eigenvalue weighted by molar-refractivity contribution is 5.91. The number of amides is 1. The van der Waals surface area contributed by atoms with Gasteiger partial charge in [-0.2, -0.15) is 0 Å². The molecule has 0 bridgehead atoms. The summed E-state index contributed by atoms with van der Waals surface area (Å²) in [6.07, 6.45) is 4.86. The number of hydrogen-bond acceptors (Lipinski definition) is 4. The number of hydrogen-bond donors (Lipinski definition) is 2. The fourth-order valence-electron chi connectivity index (χ4n) is 1.43. The highest BCUT2D eigenvalue weighted by Crippen LogP contribution is 2.01. The van der Waals surface area contributed by atoms with Crippen LogP contribution in [0.1, 0.15) is 19.5 Å². The third-order valence-electron chi connectivity index (χ3n) is 2.20. The molecule has 6 heteroatoms. The van der Waals surface area contributed by atoms with Gasteiger partial charge in [-0.25, -0.2) is 9.78 Å². The lowest BCUT2D eigenvalue weighted by Gasteiger charge is -2.14. The highest BCUT2D eigenvalue weighted by atomic mass is 16.5. The van der Waals surface area contributed by atoms with Gasteiger partial charge in [0.1, 0.15) is 6.04 Å². The summed E-state index contributed by atoms with van der Waals surface area (Å²) in [6.45, 7) is 3.61. The molecule has 98 valence electrons. The number of rotatable bonds is 5. The number of esters is 1. The Bertz CT molecular complexity index is 433. The summed E-state index contributed by atoms with van der Waals surface area (Å²) < 4.78 is 4.66. The van der Waals surface area contributed by atoms with Crippen molar-refractivity contribution in [3.8, 4) is 0 Å². The number of H-pyrrole nitrogens is 1. The first-order chi connectivity index (χ1) is 8.52. The molecule has 1 amide bonds. The van der Waals surface area contributed by atoms with Gasteiger partial charge in [0, 0.05) is 24.4 Å². The number of nitrogens with zero attached hydrogens (tertiary/aromatic N) is 1. The predicted octanol–water partition coefficient (Wildman–Crippen LogP) is 0.576. The van der Waals surface area contributed by atoms with Crippen molar-refractivity contribution in [2.24, 2.45) is 0 Å². The maximum absolute atomic E-state index is 11.6. The third-order valence-corrected chi connectivity index (χ3v) is 2.20. The molecule has 0 unspecified atom stereocenters. The zero-order valence-electron chi connectivity index (χ0n) is 10.7. The van der Waals surface area contributed by atoms with E-state index < -0.39 is 12.0 Å². The highest BCUT2D eigenvalue weighted by Gasteiger charge is 2.21. The molecule has 0 aliphatic carbocycles. The van der Waals surface area contributed by atoms with Gasteiger partial charge < -0.3 is 15.0 Å². The third kappa shape index (κ3) is 4.40. The van der Waals surface area contributed by atoms with Crippen LogP contribution in [0.5, 0.6) is 0 Å². The van der Waals surface area contributed by atoms with E-state index in [1.807, 2.05) is 13.8 Å². The van der Waals surface area contributed by atoms with Crippen LogP contribution in [0.15, 0.2) is 24.2 Å². The fourth-order valence-corrected chi connectivity index (χ4v) is 1.43. The summed E-state index contributed by atoms with van der Waals surface area (Å²) in [7, 11) is 1.29. The molecule has 0 saturated carbocycles. The van der Waals surface area contributed by atoms with E-state index in [2.05, 4.69) is 20.0 Å². The lowest BCUT2D eigenvalue weighted by Crippen LogP contribution is -2.42. The average Bonchev–Trinajstić information content (AvgIpc) is 2.78. The number of carbonyl (C=O) groups excluding carboxylic acids is 2. The number of aromatic nitrogens is 2. The molecule has 1 heterocycles. The summed E-state index contributed by atoms with van der Waals surface area (Å²) >= 11 is 0. The molecular formula is C12H17N3O3. The molecule has 18 heavy (non-hydrogen) atoms. The number of allylic oxidation sites excluding steroid dienone is 1. The first-order valence-electron chi connectivity index (χ1n) is 5.53. The fraction of sp³-hybridized carbons (Fsp3) is 0.417. The summed E-state index contributed by atoms with van der Waals surface area (Å²) in [4.78, 5) is 29.9. The van der Waals surface area contributed by atoms with Gasteiger partial charge in [-0.3, -0.25) is 4.79 Å². The van der Waals surface area contributed by atoms with E-state index in [0.717, 1.165) is 11.3 Å². The normalized spacial score (nSPS) is 11.5. The standard InChI is InChI=1S/C12H17N3O3/c1-8(2)4-11(16)15-10(12(17)18-3)5-9-6-13-7-14-9/h4,6-7,10H,5H2,1-3H3,(H,13,14)(H,15,16)/t10-/m0/s1. The first kappa shape index (κ1) is 14.0. The number of ether oxygens (including phenoxy) is 1. The van der Waals surface area contributed by atoms with Crippen LogP contribution in [-0.4, -0.2) is 35.0 Å². The van der Waals surface area contributed by atoms with E-state index in [4.69, 9.17) is 0 Å². The smallest absolute Gasteiger partial charge is 0.328 e. The van der Waals surface area contributed by atoms with Gasteiger partial charge in [0.15, 0.2) is 0 Å². The average molecular weight is 251 g/mol. The molecule has 1 atom stereocenters. The molecule has 1 aromatic rings. The van der Waals surface area contributed by atoms with Crippen LogP contribution >= 0.6 is 0 Å². The van der Waals surface area contributed by atoms with Crippen molar-refractivity contribution in [3.05, 3.63) is 29.9 Å². The monoisotopic (exact) mass is 251 g/mol. The largest absolute Gasteiger partial charge is 0.467 e. The van der Waals surface area contributed by atoms with Crippen LogP contribution in [0.4, 0.5) is 0 Å². The van der Waals surface area contributed by atoms with Crippen LogP contribution in [0, 0.1) is 0 Å². The molecule has 2 N–H and O–H groups in total. The van der Waals surface area contributed by atoms with Crippen LogP contribution in [0.25, 0.3) is 0 Å². The Labute approximate surface area is 105 Å². The minimum Gasteiger partial charge on any atom is -0.467 e. The maximum Gasteiger partial charge on any atom is 0.328 e. The number of carbonyl (C=O) groups is 2. The van der Waals surface area contributed by atoms with E-state index in [0.29, 0.717) is 6.42 Å². The molecule has 0 radical (unpaired) electrons. The lowest BCUT2D eigenvalue weighted by atomic mass is 10.1. The van der Waals surface area contributed by atoms with Crippen molar-refractivity contribution in [3.63, 3.8) is 0 Å². The van der Waals surface area contributed by atoms with Crippen LogP contribution in [-0.2, 0) is 20.7 Å². The Kier molecular flexibility index (Phi) is 5.10. The van der Waals surface area contributed by atoms with Gasteiger partial charge >= 0.3 is 5.97 Å². The van der Waals surface area contributed by atoms with Crippen molar-refractivity contribution in [2.75, 3.05) is 7.11 Å². The lowest BCUT2D eigenvalue weighted by molar-refractivity contribution is -0.144. The topological polar surface area (TPSA) is 84.1 Å². The summed E-state index contributed by atoms with van der Waals surface area (Å²) in [6, 6.07) is -0.724. The van der Waals surface area contributed by atoms with Crippen molar-refractivity contribution >= 4 is 11.9 Å². The molecule has 0 fully saturated rings. The Morgan fingerprint density at radius 2 is 2.28 bits per heavy atom. The van der Waals surface area contributed by atoms with Gasteiger partial charge in [-0.1, -0.05) is 5.57 Å². The van der Waals surface area contributed by atoms with Crippen LogP contribution in [0.3, 0.4) is 0 Å². The molecule has 6 nitrogen and oxygen atoms in total. The van der Waals surface area contributed by atoms with Gasteiger partial charge in [-0.15, -0.1) is 0 Å². The van der Waals surface area contributed by atoms with E-state index >= 15 is 0 Å².